The van der Waals surface area contributed by atoms with Crippen LogP contribution in [0.25, 0.3) is 0 Å². The van der Waals surface area contributed by atoms with Gasteiger partial charge in [0.2, 0.25) is 11.8 Å². The van der Waals surface area contributed by atoms with Crippen LogP contribution in [0.2, 0.25) is 0 Å². The number of allylic oxidation sites excluding steroid dienone is 3. The summed E-state index contributed by atoms with van der Waals surface area (Å²) in [5, 5.41) is 136. The van der Waals surface area contributed by atoms with Gasteiger partial charge >= 0.3 is 5.97 Å². The Morgan fingerprint density at radius 1 is 0.612 bits per heavy atom. The van der Waals surface area contributed by atoms with Crippen molar-refractivity contribution in [2.24, 2.45) is 0 Å². The average Bonchev–Trinajstić information content (AvgIpc) is 1.31. The molecule has 23 heteroatoms. The molecule has 3 saturated heterocycles. The number of rotatable bonds is 47. The fraction of sp³-hybridized carbons (Fsp3) is 0.887. The van der Waals surface area contributed by atoms with Gasteiger partial charge in [0.1, 0.15) is 67.1 Å². The SMILES string of the molecule is CCCCCCCCC/C=C\CCCCCCCC(=O)NC(COC1OC(CO)C(OC2OC(CO)C(O)C(OC3(C(=O)O)CC(O)C(NC(C)=O)C(C(O)C(O)CO)O3)C2O)C(O)C1O)C(O)/C=C/CCCCCCCCCCCCCCC. The molecule has 0 bridgehead atoms. The first kappa shape index (κ1) is 76.5. The summed E-state index contributed by atoms with van der Waals surface area (Å²) in [6.45, 7) is 2.10. The number of hydrogen-bond donors (Lipinski definition) is 14. The number of nitrogens with one attached hydrogen (secondary N) is 2. The van der Waals surface area contributed by atoms with Crippen LogP contribution in [0.3, 0.4) is 0 Å². The number of carboxylic acids is 1. The molecule has 0 radical (unpaired) electrons. The number of aliphatic carboxylic acids is 1. The number of carbonyl (C=O) groups excluding carboxylic acids is 2. The molecule has 14 N–H and O–H groups in total. The van der Waals surface area contributed by atoms with E-state index in [1.165, 1.54) is 109 Å². The van der Waals surface area contributed by atoms with Gasteiger partial charge in [0, 0.05) is 19.8 Å². The maximum Gasteiger partial charge on any atom is 0.364 e. The van der Waals surface area contributed by atoms with E-state index in [1.807, 2.05) is 6.08 Å². The van der Waals surface area contributed by atoms with E-state index >= 15 is 0 Å². The Kier molecular flexibility index (Phi) is 39.4. The van der Waals surface area contributed by atoms with Gasteiger partial charge in [0.15, 0.2) is 12.6 Å². The molecule has 3 heterocycles. The van der Waals surface area contributed by atoms with E-state index in [2.05, 4.69) is 36.6 Å². The molecular formula is C62H112N2O21. The molecular weight excluding hydrogens is 1110 g/mol. The Morgan fingerprint density at radius 2 is 1.11 bits per heavy atom. The summed E-state index contributed by atoms with van der Waals surface area (Å²) in [7, 11) is 0. The minimum Gasteiger partial charge on any atom is -0.477 e. The topological polar surface area (TPSA) is 373 Å². The molecule has 0 aromatic heterocycles. The van der Waals surface area contributed by atoms with Crippen molar-refractivity contribution in [2.75, 3.05) is 26.4 Å². The molecule has 0 saturated carbocycles. The Hall–Kier alpha value is -2.79. The number of aliphatic hydroxyl groups excluding tert-OH is 11. The van der Waals surface area contributed by atoms with Gasteiger partial charge in [0.25, 0.3) is 5.79 Å². The molecule has 3 aliphatic heterocycles. The molecule has 18 atom stereocenters. The van der Waals surface area contributed by atoms with Crippen molar-refractivity contribution < 1.29 is 104 Å². The molecule has 496 valence electrons. The van der Waals surface area contributed by atoms with Crippen LogP contribution >= 0.6 is 0 Å². The van der Waals surface area contributed by atoms with Crippen molar-refractivity contribution in [1.82, 2.24) is 10.6 Å². The zero-order valence-electron chi connectivity index (χ0n) is 51.2. The van der Waals surface area contributed by atoms with Crippen molar-refractivity contribution in [2.45, 2.75) is 323 Å². The molecule has 0 spiro atoms. The normalized spacial score (nSPS) is 29.7. The van der Waals surface area contributed by atoms with E-state index in [-0.39, 0.29) is 12.3 Å². The van der Waals surface area contributed by atoms with Crippen molar-refractivity contribution >= 4 is 17.8 Å². The minimum absolute atomic E-state index is 0.190. The predicted molar refractivity (Wildman–Crippen MR) is 315 cm³/mol. The third-order valence-corrected chi connectivity index (χ3v) is 16.4. The van der Waals surface area contributed by atoms with Gasteiger partial charge in [-0.05, 0) is 44.9 Å². The average molecular weight is 1220 g/mol. The maximum atomic E-state index is 13.4. The highest BCUT2D eigenvalue weighted by Crippen LogP contribution is 2.38. The van der Waals surface area contributed by atoms with Crippen LogP contribution in [-0.4, -0.2) is 215 Å². The zero-order valence-corrected chi connectivity index (χ0v) is 51.2. The highest BCUT2D eigenvalue weighted by Gasteiger charge is 2.60. The Labute approximate surface area is 504 Å². The van der Waals surface area contributed by atoms with Crippen LogP contribution in [0.5, 0.6) is 0 Å². The number of aliphatic hydroxyl groups is 11. The molecule has 18 unspecified atom stereocenters. The van der Waals surface area contributed by atoms with Crippen molar-refractivity contribution in [3.05, 3.63) is 24.3 Å². The first-order valence-electron chi connectivity index (χ1n) is 32.2. The molecule has 0 aromatic carbocycles. The summed E-state index contributed by atoms with van der Waals surface area (Å²) in [5.74, 6) is -6.15. The molecule has 3 fully saturated rings. The lowest BCUT2D eigenvalue weighted by molar-refractivity contribution is -0.386. The minimum atomic E-state index is -3.08. The van der Waals surface area contributed by atoms with Gasteiger partial charge in [-0.3, -0.25) is 9.59 Å². The monoisotopic (exact) mass is 1220 g/mol. The van der Waals surface area contributed by atoms with E-state index in [9.17, 15) is 75.7 Å². The molecule has 0 aliphatic carbocycles. The standard InChI is InChI=1S/C62H112N2O21/c1-4-6-8-10-12-14-16-18-20-22-24-26-28-30-32-34-36-49(72)64-43(44(69)35-33-31-29-27-25-23-21-19-17-15-13-11-9-7-5-2)41-80-59-54(76)53(75)56(48(40-67)82-59)83-60-55(77)58(52(74)47(39-66)81-60)85-62(61(78)79)37-45(70)50(63-42(3)68)57(84-62)51(73)46(71)38-65/h20,22,33,35,43-48,50-60,65-67,69-71,73-77H,4-19,21,23-32,34,36-41H2,1-3H3,(H,63,68)(H,64,72)(H,78,79)/b22-20-,35-33+. The van der Waals surface area contributed by atoms with Crippen LogP contribution in [-0.2, 0) is 42.8 Å². The molecule has 3 aliphatic rings. The molecule has 85 heavy (non-hydrogen) atoms. The second-order valence-corrected chi connectivity index (χ2v) is 23.6. The van der Waals surface area contributed by atoms with Crippen molar-refractivity contribution in [1.29, 1.82) is 0 Å². The molecule has 2 amide bonds. The van der Waals surface area contributed by atoms with E-state index < -0.39 is 155 Å². The molecule has 3 rings (SSSR count). The lowest BCUT2D eigenvalue weighted by Gasteiger charge is -2.50. The second-order valence-electron chi connectivity index (χ2n) is 23.6. The summed E-state index contributed by atoms with van der Waals surface area (Å²) in [5.41, 5.74) is 0. The highest BCUT2D eigenvalue weighted by atomic mass is 16.8. The van der Waals surface area contributed by atoms with Crippen LogP contribution in [0, 0.1) is 0 Å². The zero-order chi connectivity index (χ0) is 62.6. The number of carboxylic acid groups (broad SMARTS) is 1. The summed E-state index contributed by atoms with van der Waals surface area (Å²) in [6, 6.07) is -2.62. The summed E-state index contributed by atoms with van der Waals surface area (Å²) in [6.07, 6.45) is 10.9. The Bertz CT molecular complexity index is 1830. The van der Waals surface area contributed by atoms with Gasteiger partial charge in [-0.25, -0.2) is 4.79 Å². The van der Waals surface area contributed by atoms with Gasteiger partial charge < -0.3 is 100 Å². The third-order valence-electron chi connectivity index (χ3n) is 16.4. The molecule has 23 nitrogen and oxygen atoms in total. The molecule has 0 aromatic rings. The van der Waals surface area contributed by atoms with Gasteiger partial charge in [0.05, 0.1) is 50.7 Å². The Morgan fingerprint density at radius 3 is 1.60 bits per heavy atom. The number of carbonyl (C=O) groups is 3. The Balaban J connectivity index is 1.65. The van der Waals surface area contributed by atoms with E-state index in [0.29, 0.717) is 12.8 Å². The van der Waals surface area contributed by atoms with Crippen molar-refractivity contribution in [3.63, 3.8) is 0 Å². The quantitative estimate of drug-likeness (QED) is 0.0301. The van der Waals surface area contributed by atoms with Crippen LogP contribution in [0.15, 0.2) is 24.3 Å². The predicted octanol–water partition coefficient (Wildman–Crippen LogP) is 4.11. The smallest absolute Gasteiger partial charge is 0.364 e. The number of unbranched alkanes of at least 4 members (excludes halogenated alkanes) is 25. The van der Waals surface area contributed by atoms with E-state index in [0.717, 1.165) is 64.7 Å². The van der Waals surface area contributed by atoms with Crippen LogP contribution in [0.4, 0.5) is 0 Å². The first-order valence-corrected chi connectivity index (χ1v) is 32.2. The number of hydrogen-bond acceptors (Lipinski definition) is 20. The third kappa shape index (κ3) is 27.5. The largest absolute Gasteiger partial charge is 0.477 e. The first-order chi connectivity index (χ1) is 40.9. The van der Waals surface area contributed by atoms with Crippen LogP contribution < -0.4 is 10.6 Å². The maximum absolute atomic E-state index is 13.4. The van der Waals surface area contributed by atoms with Crippen LogP contribution in [0.1, 0.15) is 213 Å². The fourth-order valence-electron chi connectivity index (χ4n) is 11.2. The fourth-order valence-corrected chi connectivity index (χ4v) is 11.2. The second kappa shape index (κ2) is 43.8. The van der Waals surface area contributed by atoms with E-state index in [1.54, 1.807) is 6.08 Å². The number of amides is 2. The summed E-state index contributed by atoms with van der Waals surface area (Å²) < 4.78 is 34.7. The van der Waals surface area contributed by atoms with Crippen molar-refractivity contribution in [3.8, 4) is 0 Å². The summed E-state index contributed by atoms with van der Waals surface area (Å²) in [4.78, 5) is 38.4. The number of ether oxygens (including phenoxy) is 6. The lowest BCUT2D eigenvalue weighted by Crippen LogP contribution is -2.70. The van der Waals surface area contributed by atoms with Gasteiger partial charge in [-0.1, -0.05) is 173 Å². The van der Waals surface area contributed by atoms with Gasteiger partial charge in [-0.2, -0.15) is 0 Å². The van der Waals surface area contributed by atoms with E-state index in [4.69, 9.17) is 28.4 Å². The van der Waals surface area contributed by atoms with Gasteiger partial charge in [-0.15, -0.1) is 0 Å². The lowest BCUT2D eigenvalue weighted by atomic mass is 9.88. The summed E-state index contributed by atoms with van der Waals surface area (Å²) >= 11 is 0. The highest BCUT2D eigenvalue weighted by molar-refractivity contribution is 5.77.